The Balaban J connectivity index is 1.56. The molecule has 1 aliphatic carbocycles. The molecule has 23 heavy (non-hydrogen) atoms. The minimum Gasteiger partial charge on any atom is -0.476 e. The van der Waals surface area contributed by atoms with Gasteiger partial charge in [-0.15, -0.1) is 0 Å². The molecule has 112 valence electrons. The topological polar surface area (TPSA) is 18.5 Å². The van der Waals surface area contributed by atoms with Crippen LogP contribution in [0.1, 0.15) is 22.8 Å². The van der Waals surface area contributed by atoms with Gasteiger partial charge in [-0.25, -0.2) is 0 Å². The molecule has 1 spiro atoms. The van der Waals surface area contributed by atoms with E-state index in [1.165, 1.54) is 16.7 Å². The third-order valence-electron chi connectivity index (χ3n) is 4.69. The zero-order valence-electron chi connectivity index (χ0n) is 12.6. The van der Waals surface area contributed by atoms with Gasteiger partial charge in [0.1, 0.15) is 11.9 Å². The molecule has 2 heterocycles. The second-order valence-corrected chi connectivity index (χ2v) is 6.23. The van der Waals surface area contributed by atoms with Crippen molar-refractivity contribution < 1.29 is 9.47 Å². The summed E-state index contributed by atoms with van der Waals surface area (Å²) in [6.45, 7) is 0.522. The maximum atomic E-state index is 6.28. The van der Waals surface area contributed by atoms with Gasteiger partial charge < -0.3 is 9.47 Å². The second kappa shape index (κ2) is 4.71. The molecule has 0 N–H and O–H groups in total. The van der Waals surface area contributed by atoms with E-state index in [-0.39, 0.29) is 6.10 Å². The highest BCUT2D eigenvalue weighted by atomic mass is 16.6. The first-order valence-electron chi connectivity index (χ1n) is 7.92. The molecule has 0 saturated carbocycles. The van der Waals surface area contributed by atoms with Crippen LogP contribution in [0.2, 0.25) is 0 Å². The Labute approximate surface area is 135 Å². The summed E-state index contributed by atoms with van der Waals surface area (Å²) in [5.41, 5.74) is 4.24. The smallest absolute Gasteiger partial charge is 0.169 e. The van der Waals surface area contributed by atoms with Gasteiger partial charge >= 0.3 is 0 Å². The highest BCUT2D eigenvalue weighted by molar-refractivity contribution is 5.66. The van der Waals surface area contributed by atoms with E-state index in [1.54, 1.807) is 0 Å². The van der Waals surface area contributed by atoms with E-state index >= 15 is 0 Å². The molecular formula is C21H16O2. The zero-order chi connectivity index (χ0) is 15.3. The number of rotatable bonds is 0. The lowest BCUT2D eigenvalue weighted by atomic mass is 9.85. The minimum atomic E-state index is -0.503. The fourth-order valence-corrected chi connectivity index (χ4v) is 3.54. The van der Waals surface area contributed by atoms with Gasteiger partial charge in [-0.3, -0.25) is 0 Å². The summed E-state index contributed by atoms with van der Waals surface area (Å²) >= 11 is 0. The van der Waals surface area contributed by atoms with Crippen molar-refractivity contribution in [1.29, 1.82) is 0 Å². The Hall–Kier alpha value is -2.58. The SMILES string of the molecule is C1=Cc2ccccc2C2OCC3(C=Cc4ccccc4O3)C=C12. The van der Waals surface area contributed by atoms with E-state index in [0.29, 0.717) is 6.61 Å². The highest BCUT2D eigenvalue weighted by Gasteiger charge is 2.38. The van der Waals surface area contributed by atoms with Crippen LogP contribution in [0.4, 0.5) is 0 Å². The van der Waals surface area contributed by atoms with E-state index in [2.05, 4.69) is 60.7 Å². The van der Waals surface area contributed by atoms with Crippen molar-refractivity contribution in [2.75, 3.05) is 6.61 Å². The van der Waals surface area contributed by atoms with Gasteiger partial charge in [0.25, 0.3) is 0 Å². The van der Waals surface area contributed by atoms with Crippen LogP contribution in [0.3, 0.4) is 0 Å². The van der Waals surface area contributed by atoms with Gasteiger partial charge in [-0.05, 0) is 34.9 Å². The Morgan fingerprint density at radius 2 is 1.70 bits per heavy atom. The van der Waals surface area contributed by atoms with Gasteiger partial charge in [-0.1, -0.05) is 60.7 Å². The highest BCUT2D eigenvalue weighted by Crippen LogP contribution is 2.42. The van der Waals surface area contributed by atoms with E-state index < -0.39 is 5.60 Å². The molecule has 0 saturated heterocycles. The molecule has 2 heteroatoms. The quantitative estimate of drug-likeness (QED) is 0.710. The number of hydrogen-bond donors (Lipinski definition) is 0. The standard InChI is InChI=1S/C21H16O2/c1-3-7-18-15(5-1)9-10-17-13-21(14-22-20(17)18)12-11-16-6-2-4-8-19(16)23-21/h1-13,20H,14H2. The van der Waals surface area contributed by atoms with Crippen molar-refractivity contribution in [1.82, 2.24) is 0 Å². The third-order valence-corrected chi connectivity index (χ3v) is 4.69. The van der Waals surface area contributed by atoms with Gasteiger partial charge in [-0.2, -0.15) is 0 Å². The van der Waals surface area contributed by atoms with Crippen LogP contribution in [-0.4, -0.2) is 12.2 Å². The fourth-order valence-electron chi connectivity index (χ4n) is 3.54. The van der Waals surface area contributed by atoms with Crippen molar-refractivity contribution in [3.05, 3.63) is 89.0 Å². The summed E-state index contributed by atoms with van der Waals surface area (Å²) in [5, 5.41) is 0. The second-order valence-electron chi connectivity index (χ2n) is 6.23. The van der Waals surface area contributed by atoms with Gasteiger partial charge in [0.15, 0.2) is 5.60 Å². The van der Waals surface area contributed by atoms with Crippen LogP contribution < -0.4 is 4.74 Å². The molecule has 0 amide bonds. The first-order valence-corrected chi connectivity index (χ1v) is 7.92. The predicted octanol–water partition coefficient (Wildman–Crippen LogP) is 4.56. The molecule has 2 aliphatic heterocycles. The lowest BCUT2D eigenvalue weighted by Gasteiger charge is -2.39. The monoisotopic (exact) mass is 300 g/mol. The number of benzene rings is 2. The Morgan fingerprint density at radius 1 is 0.870 bits per heavy atom. The molecule has 0 radical (unpaired) electrons. The summed E-state index contributed by atoms with van der Waals surface area (Å²) in [7, 11) is 0. The third kappa shape index (κ3) is 1.99. The van der Waals surface area contributed by atoms with Gasteiger partial charge in [0.05, 0.1) is 6.61 Å². The van der Waals surface area contributed by atoms with Crippen LogP contribution in [0.25, 0.3) is 12.2 Å². The summed E-state index contributed by atoms with van der Waals surface area (Å²) in [5.74, 6) is 0.911. The molecule has 2 atom stereocenters. The van der Waals surface area contributed by atoms with Gasteiger partial charge in [0, 0.05) is 5.56 Å². The first-order chi connectivity index (χ1) is 11.3. The summed E-state index contributed by atoms with van der Waals surface area (Å²) in [4.78, 5) is 0. The van der Waals surface area contributed by atoms with E-state index in [0.717, 1.165) is 11.3 Å². The molecule has 3 aliphatic rings. The summed E-state index contributed by atoms with van der Waals surface area (Å²) in [6, 6.07) is 16.5. The molecule has 2 aromatic carbocycles. The van der Waals surface area contributed by atoms with Gasteiger partial charge in [0.2, 0.25) is 0 Å². The summed E-state index contributed by atoms with van der Waals surface area (Å²) < 4.78 is 12.5. The number of para-hydroxylation sites is 1. The van der Waals surface area contributed by atoms with E-state index in [9.17, 15) is 0 Å². The van der Waals surface area contributed by atoms with Crippen molar-refractivity contribution in [2.45, 2.75) is 11.7 Å². The van der Waals surface area contributed by atoms with Crippen LogP contribution in [0.5, 0.6) is 5.75 Å². The Bertz CT molecular complexity index is 875. The maximum absolute atomic E-state index is 6.28. The lowest BCUT2D eigenvalue weighted by molar-refractivity contribution is -0.0155. The van der Waals surface area contributed by atoms with Crippen molar-refractivity contribution in [3.8, 4) is 5.75 Å². The Kier molecular flexibility index (Phi) is 2.64. The maximum Gasteiger partial charge on any atom is 0.169 e. The molecule has 2 aromatic rings. The van der Waals surface area contributed by atoms with Crippen LogP contribution in [-0.2, 0) is 4.74 Å². The number of hydrogen-bond acceptors (Lipinski definition) is 2. The van der Waals surface area contributed by atoms with Crippen LogP contribution >= 0.6 is 0 Å². The molecule has 2 unspecified atom stereocenters. The first kappa shape index (κ1) is 12.9. The van der Waals surface area contributed by atoms with Crippen molar-refractivity contribution >= 4 is 12.2 Å². The largest absolute Gasteiger partial charge is 0.476 e. The zero-order valence-corrected chi connectivity index (χ0v) is 12.6. The van der Waals surface area contributed by atoms with E-state index in [1.807, 2.05) is 18.2 Å². The summed E-state index contributed by atoms with van der Waals surface area (Å²) in [6.07, 6.45) is 10.7. The van der Waals surface area contributed by atoms with E-state index in [4.69, 9.17) is 9.47 Å². The molecular weight excluding hydrogens is 284 g/mol. The minimum absolute atomic E-state index is 0.0102. The van der Waals surface area contributed by atoms with Crippen molar-refractivity contribution in [3.63, 3.8) is 0 Å². The lowest BCUT2D eigenvalue weighted by Crippen LogP contribution is -2.42. The fraction of sp³-hybridized carbons (Fsp3) is 0.143. The normalized spacial score (nSPS) is 26.8. The molecule has 2 nitrogen and oxygen atoms in total. The van der Waals surface area contributed by atoms with Crippen LogP contribution in [0.15, 0.2) is 72.3 Å². The molecule has 0 aromatic heterocycles. The average molecular weight is 300 g/mol. The average Bonchev–Trinajstić information content (AvgIpc) is 2.61. The predicted molar refractivity (Wildman–Crippen MR) is 91.1 cm³/mol. The number of ether oxygens (including phenoxy) is 2. The molecule has 0 bridgehead atoms. The molecule has 0 fully saturated rings. The van der Waals surface area contributed by atoms with Crippen LogP contribution in [0, 0.1) is 0 Å². The molecule has 5 rings (SSSR count). The Morgan fingerprint density at radius 3 is 2.65 bits per heavy atom. The number of fused-ring (bicyclic) bond motifs is 4. The van der Waals surface area contributed by atoms with Crippen molar-refractivity contribution in [2.24, 2.45) is 0 Å².